The van der Waals surface area contributed by atoms with Crippen molar-refractivity contribution < 1.29 is 13.2 Å². The molecule has 29 heavy (non-hydrogen) atoms. The fraction of sp³-hybridized carbons (Fsp3) is 0.474. The molecule has 0 saturated carbocycles. The molecule has 10 heteroatoms. The lowest BCUT2D eigenvalue weighted by Crippen LogP contribution is -2.36. The largest absolute Gasteiger partial charge is 0.417 e. The van der Waals surface area contributed by atoms with Gasteiger partial charge in [-0.2, -0.15) is 18.3 Å². The van der Waals surface area contributed by atoms with Crippen LogP contribution in [0.25, 0.3) is 11.0 Å². The minimum atomic E-state index is -4.37. The second-order valence-corrected chi connectivity index (χ2v) is 7.72. The zero-order valence-electron chi connectivity index (χ0n) is 16.1. The maximum Gasteiger partial charge on any atom is 0.417 e. The Morgan fingerprint density at radius 3 is 2.66 bits per heavy atom. The summed E-state index contributed by atoms with van der Waals surface area (Å²) in [5.41, 5.74) is 0.0768. The fourth-order valence-electron chi connectivity index (χ4n) is 4.48. The smallest absolute Gasteiger partial charge is 0.354 e. The molecule has 2 aliphatic rings. The van der Waals surface area contributed by atoms with E-state index in [-0.39, 0.29) is 6.04 Å². The van der Waals surface area contributed by atoms with E-state index in [2.05, 4.69) is 24.9 Å². The second-order valence-electron chi connectivity index (χ2n) is 7.72. The van der Waals surface area contributed by atoms with Crippen LogP contribution in [0.5, 0.6) is 0 Å². The number of rotatable bonds is 2. The van der Waals surface area contributed by atoms with Crippen molar-refractivity contribution in [1.29, 1.82) is 0 Å². The van der Waals surface area contributed by atoms with Gasteiger partial charge < -0.3 is 9.80 Å². The average molecular weight is 403 g/mol. The predicted octanol–water partition coefficient (Wildman–Crippen LogP) is 2.80. The SMILES string of the molecule is Cc1nc(N2CCC3CN(c4ccc(C(F)(F)F)cn4)CC32)c2cnn(C)c2n1. The highest BCUT2D eigenvalue weighted by Crippen LogP contribution is 2.38. The summed E-state index contributed by atoms with van der Waals surface area (Å²) in [6.45, 7) is 4.24. The lowest BCUT2D eigenvalue weighted by molar-refractivity contribution is -0.137. The van der Waals surface area contributed by atoms with E-state index in [1.54, 1.807) is 10.9 Å². The number of hydrogen-bond donors (Lipinski definition) is 0. The first-order chi connectivity index (χ1) is 13.8. The van der Waals surface area contributed by atoms with Crippen LogP contribution < -0.4 is 9.80 Å². The summed E-state index contributed by atoms with van der Waals surface area (Å²) >= 11 is 0. The Kier molecular flexibility index (Phi) is 3.94. The molecular formula is C19H20F3N7. The van der Waals surface area contributed by atoms with Crippen LogP contribution in [0.1, 0.15) is 17.8 Å². The number of fused-ring (bicyclic) bond motifs is 2. The molecule has 7 nitrogen and oxygen atoms in total. The summed E-state index contributed by atoms with van der Waals surface area (Å²) in [5, 5.41) is 5.24. The molecule has 5 rings (SSSR count). The van der Waals surface area contributed by atoms with Crippen molar-refractivity contribution in [2.24, 2.45) is 13.0 Å². The molecule has 0 aromatic carbocycles. The van der Waals surface area contributed by atoms with Gasteiger partial charge in [0.15, 0.2) is 5.65 Å². The first-order valence-corrected chi connectivity index (χ1v) is 9.52. The molecule has 3 aromatic heterocycles. The molecule has 2 atom stereocenters. The van der Waals surface area contributed by atoms with E-state index in [1.807, 2.05) is 14.0 Å². The zero-order valence-corrected chi connectivity index (χ0v) is 16.1. The van der Waals surface area contributed by atoms with Gasteiger partial charge in [0.05, 0.1) is 23.2 Å². The van der Waals surface area contributed by atoms with Crippen molar-refractivity contribution >= 4 is 22.7 Å². The third-order valence-corrected chi connectivity index (χ3v) is 5.90. The van der Waals surface area contributed by atoms with E-state index in [1.165, 1.54) is 6.07 Å². The number of alkyl halides is 3. The van der Waals surface area contributed by atoms with Crippen molar-refractivity contribution in [2.45, 2.75) is 25.6 Å². The lowest BCUT2D eigenvalue weighted by Gasteiger charge is -2.27. The molecular weight excluding hydrogens is 383 g/mol. The van der Waals surface area contributed by atoms with Crippen LogP contribution in [0.2, 0.25) is 0 Å². The van der Waals surface area contributed by atoms with E-state index in [0.717, 1.165) is 48.6 Å². The lowest BCUT2D eigenvalue weighted by atomic mass is 10.1. The minimum absolute atomic E-state index is 0.233. The molecule has 0 N–H and O–H groups in total. The molecule has 3 aromatic rings. The third-order valence-electron chi connectivity index (χ3n) is 5.90. The van der Waals surface area contributed by atoms with Crippen LogP contribution >= 0.6 is 0 Å². The number of anilines is 2. The molecule has 0 bridgehead atoms. The van der Waals surface area contributed by atoms with Crippen LogP contribution in [0.15, 0.2) is 24.5 Å². The summed E-state index contributed by atoms with van der Waals surface area (Å²) in [7, 11) is 1.86. The normalized spacial score (nSPS) is 22.0. The van der Waals surface area contributed by atoms with E-state index in [4.69, 9.17) is 4.98 Å². The second kappa shape index (κ2) is 6.30. The van der Waals surface area contributed by atoms with Crippen molar-refractivity contribution in [1.82, 2.24) is 24.7 Å². The van der Waals surface area contributed by atoms with Crippen LogP contribution in [0, 0.1) is 12.8 Å². The van der Waals surface area contributed by atoms with Crippen molar-refractivity contribution in [2.75, 3.05) is 29.4 Å². The first kappa shape index (κ1) is 18.1. The molecule has 0 spiro atoms. The Hall–Kier alpha value is -2.91. The van der Waals surface area contributed by atoms with Crippen LogP contribution in [-0.4, -0.2) is 50.4 Å². The molecule has 2 fully saturated rings. The first-order valence-electron chi connectivity index (χ1n) is 9.52. The number of nitrogens with zero attached hydrogens (tertiary/aromatic N) is 7. The van der Waals surface area contributed by atoms with Crippen LogP contribution in [-0.2, 0) is 13.2 Å². The number of halogens is 3. The van der Waals surface area contributed by atoms with Crippen LogP contribution in [0.3, 0.4) is 0 Å². The van der Waals surface area contributed by atoms with Crippen molar-refractivity contribution in [3.05, 3.63) is 35.9 Å². The van der Waals surface area contributed by atoms with E-state index in [9.17, 15) is 13.2 Å². The Morgan fingerprint density at radius 2 is 1.93 bits per heavy atom. The Morgan fingerprint density at radius 1 is 1.10 bits per heavy atom. The van der Waals surface area contributed by atoms with Gasteiger partial charge in [-0.25, -0.2) is 15.0 Å². The van der Waals surface area contributed by atoms with E-state index < -0.39 is 11.7 Å². The highest BCUT2D eigenvalue weighted by molar-refractivity contribution is 5.87. The Balaban J connectivity index is 1.42. The molecule has 2 aliphatic heterocycles. The summed E-state index contributed by atoms with van der Waals surface area (Å²) in [6, 6.07) is 2.79. The number of hydrogen-bond acceptors (Lipinski definition) is 6. The quantitative estimate of drug-likeness (QED) is 0.656. The van der Waals surface area contributed by atoms with Gasteiger partial charge in [-0.1, -0.05) is 0 Å². The summed E-state index contributed by atoms with van der Waals surface area (Å²) in [6.07, 6.45) is -0.661. The van der Waals surface area contributed by atoms with Gasteiger partial charge in [0.2, 0.25) is 0 Å². The van der Waals surface area contributed by atoms with Crippen molar-refractivity contribution in [3.63, 3.8) is 0 Å². The van der Waals surface area contributed by atoms with Crippen molar-refractivity contribution in [3.8, 4) is 0 Å². The Labute approximate surface area is 165 Å². The molecule has 0 aliphatic carbocycles. The fourth-order valence-corrected chi connectivity index (χ4v) is 4.48. The third kappa shape index (κ3) is 2.97. The summed E-state index contributed by atoms with van der Waals surface area (Å²) in [5.74, 6) is 2.58. The van der Waals surface area contributed by atoms with Crippen LogP contribution in [0.4, 0.5) is 24.8 Å². The molecule has 152 valence electrons. The Bertz CT molecular complexity index is 1060. The van der Waals surface area contributed by atoms with Gasteiger partial charge in [-0.15, -0.1) is 0 Å². The van der Waals surface area contributed by atoms with Gasteiger partial charge in [0, 0.05) is 38.8 Å². The van der Waals surface area contributed by atoms with E-state index >= 15 is 0 Å². The maximum atomic E-state index is 12.8. The summed E-state index contributed by atoms with van der Waals surface area (Å²) < 4.78 is 40.2. The topological polar surface area (TPSA) is 63.0 Å². The van der Waals surface area contributed by atoms with Gasteiger partial charge in [-0.3, -0.25) is 4.68 Å². The zero-order chi connectivity index (χ0) is 20.3. The van der Waals surface area contributed by atoms with Gasteiger partial charge in [0.25, 0.3) is 0 Å². The van der Waals surface area contributed by atoms with E-state index in [0.29, 0.717) is 24.1 Å². The average Bonchev–Trinajstić information content (AvgIpc) is 3.35. The van der Waals surface area contributed by atoms with Gasteiger partial charge in [-0.05, 0) is 25.5 Å². The molecule has 2 unspecified atom stereocenters. The highest BCUT2D eigenvalue weighted by atomic mass is 19.4. The number of aromatic nitrogens is 5. The number of pyridine rings is 1. The minimum Gasteiger partial charge on any atom is -0.354 e. The summed E-state index contributed by atoms with van der Waals surface area (Å²) in [4.78, 5) is 17.6. The maximum absolute atomic E-state index is 12.8. The highest BCUT2D eigenvalue weighted by Gasteiger charge is 2.43. The molecule has 5 heterocycles. The monoisotopic (exact) mass is 403 g/mol. The standard InChI is InChI=1S/C19H20F3N7/c1-11-25-17-14(8-24-27(17)2)18(26-11)29-6-5-12-9-28(10-15(12)29)16-4-3-13(7-23-16)19(20,21)22/h3-4,7-8,12,15H,5-6,9-10H2,1-2H3. The van der Waals surface area contributed by atoms with Gasteiger partial charge >= 0.3 is 6.18 Å². The van der Waals surface area contributed by atoms with Gasteiger partial charge in [0.1, 0.15) is 17.5 Å². The predicted molar refractivity (Wildman–Crippen MR) is 102 cm³/mol. The molecule has 0 amide bonds. The number of aryl methyl sites for hydroxylation is 2. The molecule has 2 saturated heterocycles. The molecule has 0 radical (unpaired) electrons.